The van der Waals surface area contributed by atoms with Gasteiger partial charge in [-0.1, -0.05) is 46.2 Å². The maximum absolute atomic E-state index is 14.3. The molecule has 1 saturated carbocycles. The van der Waals surface area contributed by atoms with Gasteiger partial charge >= 0.3 is 19.2 Å². The summed E-state index contributed by atoms with van der Waals surface area (Å²) in [6.45, 7) is 7.31. The van der Waals surface area contributed by atoms with E-state index in [0.717, 1.165) is 10.6 Å². The Morgan fingerprint density at radius 1 is 1.12 bits per heavy atom. The van der Waals surface area contributed by atoms with Crippen LogP contribution >= 0.6 is 0 Å². The van der Waals surface area contributed by atoms with Crippen molar-refractivity contribution in [2.24, 2.45) is 11.3 Å². The smallest absolute Gasteiger partial charge is 0.444 e. The molecule has 5 N–H and O–H groups in total. The van der Waals surface area contributed by atoms with Gasteiger partial charge < -0.3 is 35.6 Å². The first-order valence-electron chi connectivity index (χ1n) is 17.0. The SMILES string of the molecule is CCC[C@H](NC(=O)[C@@H]1C[C@@H](OC(=O)N2Cc3cccc(F)c3C2)CN1C(=O)[C@@H](NC(=O)N[C@H](CN(C)S(C)(=O)=O)C(C)(C)C)C1CC1)B(O)O. The molecule has 0 bridgehead atoms. The lowest BCUT2D eigenvalue weighted by Gasteiger charge is -2.35. The summed E-state index contributed by atoms with van der Waals surface area (Å²) in [5, 5.41) is 27.9. The highest BCUT2D eigenvalue weighted by Gasteiger charge is 2.48. The van der Waals surface area contributed by atoms with Crippen LogP contribution < -0.4 is 16.0 Å². The van der Waals surface area contributed by atoms with Crippen molar-refractivity contribution in [3.8, 4) is 0 Å². The number of fused-ring (bicyclic) bond motifs is 1. The zero-order valence-corrected chi connectivity index (χ0v) is 30.3. The quantitative estimate of drug-likeness (QED) is 0.184. The second-order valence-corrected chi connectivity index (χ2v) is 16.8. The first-order chi connectivity index (χ1) is 23.3. The molecule has 2 heterocycles. The van der Waals surface area contributed by atoms with Crippen molar-refractivity contribution in [3.05, 3.63) is 35.1 Å². The number of amides is 5. The number of urea groups is 1. The van der Waals surface area contributed by atoms with E-state index in [9.17, 15) is 42.0 Å². The van der Waals surface area contributed by atoms with Gasteiger partial charge in [-0.2, -0.15) is 0 Å². The molecule has 50 heavy (non-hydrogen) atoms. The lowest BCUT2D eigenvalue weighted by Crippen LogP contribution is -2.59. The topological polar surface area (TPSA) is 198 Å². The van der Waals surface area contributed by atoms with E-state index in [1.165, 1.54) is 22.9 Å². The van der Waals surface area contributed by atoms with Crippen LogP contribution in [0.25, 0.3) is 0 Å². The second kappa shape index (κ2) is 15.8. The molecule has 0 aromatic heterocycles. The van der Waals surface area contributed by atoms with Crippen LogP contribution in [0.1, 0.15) is 70.9 Å². The highest BCUT2D eigenvalue weighted by molar-refractivity contribution is 7.88. The van der Waals surface area contributed by atoms with Crippen molar-refractivity contribution in [1.82, 2.24) is 30.1 Å². The average molecular weight is 725 g/mol. The van der Waals surface area contributed by atoms with Crippen LogP contribution in [0.4, 0.5) is 14.0 Å². The van der Waals surface area contributed by atoms with Crippen molar-refractivity contribution >= 4 is 41.1 Å². The highest BCUT2D eigenvalue weighted by atomic mass is 32.2. The number of hydrogen-bond donors (Lipinski definition) is 5. The molecule has 3 aliphatic rings. The van der Waals surface area contributed by atoms with Crippen molar-refractivity contribution in [1.29, 1.82) is 0 Å². The molecular formula is C32H50BFN6O9S. The predicted molar refractivity (Wildman–Crippen MR) is 182 cm³/mol. The zero-order chi connectivity index (χ0) is 37.1. The molecule has 1 saturated heterocycles. The summed E-state index contributed by atoms with van der Waals surface area (Å²) in [5.74, 6) is -2.91. The maximum Gasteiger partial charge on any atom is 0.475 e. The van der Waals surface area contributed by atoms with E-state index in [1.807, 2.05) is 27.7 Å². The van der Waals surface area contributed by atoms with E-state index in [-0.39, 0.29) is 44.9 Å². The summed E-state index contributed by atoms with van der Waals surface area (Å²) in [6, 6.07) is 1.07. The fraction of sp³-hybridized carbons (Fsp3) is 0.688. The fourth-order valence-electron chi connectivity index (χ4n) is 6.25. The van der Waals surface area contributed by atoms with E-state index in [4.69, 9.17) is 4.74 Å². The Kier molecular flexibility index (Phi) is 12.4. The number of ether oxygens (including phenoxy) is 1. The van der Waals surface area contributed by atoms with E-state index in [2.05, 4.69) is 16.0 Å². The first kappa shape index (κ1) is 39.3. The normalized spacial score (nSPS) is 20.9. The molecule has 278 valence electrons. The maximum atomic E-state index is 14.3. The van der Waals surface area contributed by atoms with Crippen LogP contribution in [0.15, 0.2) is 18.2 Å². The number of nitrogens with zero attached hydrogens (tertiary/aromatic N) is 3. The highest BCUT2D eigenvalue weighted by Crippen LogP contribution is 2.35. The number of carbonyl (C=O) groups is 4. The van der Waals surface area contributed by atoms with Gasteiger partial charge in [-0.15, -0.1) is 0 Å². The molecule has 18 heteroatoms. The average Bonchev–Trinajstić information content (AvgIpc) is 3.61. The first-order valence-corrected chi connectivity index (χ1v) is 18.8. The molecule has 0 spiro atoms. The van der Waals surface area contributed by atoms with Crippen LogP contribution in [0.2, 0.25) is 0 Å². The van der Waals surface area contributed by atoms with E-state index >= 15 is 0 Å². The van der Waals surface area contributed by atoms with Gasteiger partial charge in [-0.05, 0) is 42.2 Å². The Bertz CT molecular complexity index is 1540. The van der Waals surface area contributed by atoms with Crippen LogP contribution in [0, 0.1) is 17.2 Å². The summed E-state index contributed by atoms with van der Waals surface area (Å²) >= 11 is 0. The molecule has 2 aliphatic heterocycles. The van der Waals surface area contributed by atoms with Crippen LogP contribution in [0.3, 0.4) is 0 Å². The molecule has 5 amide bonds. The third-order valence-electron chi connectivity index (χ3n) is 9.59. The van der Waals surface area contributed by atoms with Gasteiger partial charge in [-0.25, -0.2) is 26.7 Å². The van der Waals surface area contributed by atoms with E-state index < -0.39 is 82.5 Å². The number of rotatable bonds is 13. The van der Waals surface area contributed by atoms with Crippen molar-refractivity contribution in [3.63, 3.8) is 0 Å². The van der Waals surface area contributed by atoms with Crippen LogP contribution in [-0.2, 0) is 37.4 Å². The summed E-state index contributed by atoms with van der Waals surface area (Å²) in [6.07, 6.45) is 1.38. The van der Waals surface area contributed by atoms with Gasteiger partial charge in [0.15, 0.2) is 0 Å². The van der Waals surface area contributed by atoms with Gasteiger partial charge in [0.1, 0.15) is 24.0 Å². The zero-order valence-electron chi connectivity index (χ0n) is 29.5. The summed E-state index contributed by atoms with van der Waals surface area (Å²) in [7, 11) is -3.98. The van der Waals surface area contributed by atoms with Gasteiger partial charge in [0, 0.05) is 38.2 Å². The second-order valence-electron chi connectivity index (χ2n) is 14.7. The molecule has 0 unspecified atom stereocenters. The minimum atomic E-state index is -3.54. The Morgan fingerprint density at radius 2 is 1.80 bits per heavy atom. The summed E-state index contributed by atoms with van der Waals surface area (Å²) < 4.78 is 45.4. The number of halogens is 1. The molecule has 15 nitrogen and oxygen atoms in total. The predicted octanol–water partition coefficient (Wildman–Crippen LogP) is 0.928. The molecule has 4 rings (SSSR count). The Labute approximate surface area is 293 Å². The number of benzene rings is 1. The molecule has 1 aliphatic carbocycles. The van der Waals surface area contributed by atoms with E-state index in [0.29, 0.717) is 30.4 Å². The molecule has 1 aromatic rings. The van der Waals surface area contributed by atoms with E-state index in [1.54, 1.807) is 12.1 Å². The lowest BCUT2D eigenvalue weighted by atomic mass is 9.76. The summed E-state index contributed by atoms with van der Waals surface area (Å²) in [4.78, 5) is 57.0. The summed E-state index contributed by atoms with van der Waals surface area (Å²) in [5.41, 5.74) is 0.488. The van der Waals surface area contributed by atoms with Gasteiger partial charge in [-0.3, -0.25) is 14.5 Å². The Morgan fingerprint density at radius 3 is 2.36 bits per heavy atom. The van der Waals surface area contributed by atoms with Crippen LogP contribution in [-0.4, -0.2) is 120 Å². The molecular weight excluding hydrogens is 674 g/mol. The standard InChI is InChI=1S/C32H50BFN6O9S/c1-7-9-26(33(45)46)36-28(41)24-14-21(49-31(44)39-15-20-10-8-11-23(34)22(20)17-39)16-40(24)29(42)27(19-12-13-19)37-30(43)35-25(32(2,3)4)18-38(5)50(6,47)48/h8,10-11,19,21,24-27,45-46H,7,9,12-18H2,1-6H3,(H,36,41)(H2,35,37,43)/t21-,24+,25-,26+,27+/m1/s1. The largest absolute Gasteiger partial charge is 0.475 e. The molecule has 2 fully saturated rings. The molecule has 0 radical (unpaired) electrons. The number of nitrogens with one attached hydrogen (secondary N) is 3. The monoisotopic (exact) mass is 724 g/mol. The van der Waals surface area contributed by atoms with Gasteiger partial charge in [0.25, 0.3) is 0 Å². The minimum absolute atomic E-state index is 0.00548. The Balaban J connectivity index is 1.51. The van der Waals surface area contributed by atoms with Crippen molar-refractivity contribution in [2.45, 2.75) is 103 Å². The molecule has 1 aromatic carbocycles. The van der Waals surface area contributed by atoms with Crippen molar-refractivity contribution in [2.75, 3.05) is 26.4 Å². The number of carbonyl (C=O) groups excluding carboxylic acids is 4. The number of sulfonamides is 1. The van der Waals surface area contributed by atoms with Crippen LogP contribution in [0.5, 0.6) is 0 Å². The number of hydrogen-bond acceptors (Lipinski definition) is 9. The minimum Gasteiger partial charge on any atom is -0.444 e. The van der Waals surface area contributed by atoms with Gasteiger partial charge in [0.05, 0.1) is 25.3 Å². The third-order valence-corrected chi connectivity index (χ3v) is 10.9. The Hall–Kier alpha value is -3.48. The molecule has 5 atom stereocenters. The lowest BCUT2D eigenvalue weighted by molar-refractivity contribution is -0.140. The van der Waals surface area contributed by atoms with Crippen molar-refractivity contribution < 1.29 is 46.8 Å². The third kappa shape index (κ3) is 9.85. The fourth-order valence-corrected chi connectivity index (χ4v) is 6.67. The number of likely N-dealkylation sites (N-methyl/N-ethyl adjacent to an activating group) is 1. The number of likely N-dealkylation sites (tertiary alicyclic amines) is 1. The van der Waals surface area contributed by atoms with Gasteiger partial charge in [0.2, 0.25) is 21.8 Å².